The lowest BCUT2D eigenvalue weighted by Gasteiger charge is -2.35. The Labute approximate surface area is 176 Å². The van der Waals surface area contributed by atoms with Crippen LogP contribution < -0.4 is 4.74 Å². The summed E-state index contributed by atoms with van der Waals surface area (Å²) < 4.78 is 52.7. The number of hydrogen-bond acceptors (Lipinski definition) is 7. The molecule has 0 spiro atoms. The van der Waals surface area contributed by atoms with Gasteiger partial charge in [0.2, 0.25) is 5.88 Å². The predicted molar refractivity (Wildman–Crippen MR) is 102 cm³/mol. The minimum atomic E-state index is -4.80. The number of rotatable bonds is 5. The van der Waals surface area contributed by atoms with Crippen molar-refractivity contribution < 1.29 is 27.4 Å². The third-order valence-electron chi connectivity index (χ3n) is 5.47. The number of carbonyl (C=O) groups excluding carboxylic acids is 1. The molecule has 9 nitrogen and oxygen atoms in total. The highest BCUT2D eigenvalue weighted by atomic mass is 19.4. The van der Waals surface area contributed by atoms with Crippen molar-refractivity contribution in [1.82, 2.24) is 29.8 Å². The van der Waals surface area contributed by atoms with E-state index in [-0.39, 0.29) is 17.8 Å². The molecule has 4 heterocycles. The zero-order chi connectivity index (χ0) is 22.0. The number of halogens is 3. The van der Waals surface area contributed by atoms with Gasteiger partial charge in [-0.25, -0.2) is 4.68 Å². The van der Waals surface area contributed by atoms with Gasteiger partial charge in [0, 0.05) is 45.4 Å². The van der Waals surface area contributed by atoms with Gasteiger partial charge in [0.25, 0.3) is 5.91 Å². The highest BCUT2D eigenvalue weighted by Crippen LogP contribution is 2.34. The van der Waals surface area contributed by atoms with Crippen LogP contribution in [0.3, 0.4) is 0 Å². The number of alkyl halides is 3. The van der Waals surface area contributed by atoms with Crippen molar-refractivity contribution in [3.05, 3.63) is 29.6 Å². The van der Waals surface area contributed by atoms with E-state index in [1.807, 2.05) is 0 Å². The predicted octanol–water partition coefficient (Wildman–Crippen LogP) is 1.63. The summed E-state index contributed by atoms with van der Waals surface area (Å²) in [7, 11) is 1.37. The molecule has 2 fully saturated rings. The molecule has 168 valence electrons. The number of nitrogens with zero attached hydrogens (tertiary/aromatic N) is 6. The van der Waals surface area contributed by atoms with Crippen molar-refractivity contribution in [3.8, 4) is 11.7 Å². The molecule has 2 aliphatic rings. The topological polar surface area (TPSA) is 85.6 Å². The van der Waals surface area contributed by atoms with E-state index >= 15 is 0 Å². The van der Waals surface area contributed by atoms with Crippen LogP contribution in [-0.2, 0) is 10.9 Å². The highest BCUT2D eigenvalue weighted by Gasteiger charge is 2.42. The summed E-state index contributed by atoms with van der Waals surface area (Å²) in [5, 5.41) is 11.2. The summed E-state index contributed by atoms with van der Waals surface area (Å²) in [6, 6.07) is 2.67. The SMILES string of the molecule is COc1ccc(-n2ncc(C(=O)N3CCN(CC4CCCO4)CC3)c2C(F)(F)F)nn1. The van der Waals surface area contributed by atoms with Gasteiger partial charge in [0.15, 0.2) is 11.5 Å². The Balaban J connectivity index is 1.51. The van der Waals surface area contributed by atoms with E-state index in [1.54, 1.807) is 0 Å². The molecule has 2 aromatic rings. The molecule has 1 unspecified atom stereocenters. The average molecular weight is 440 g/mol. The summed E-state index contributed by atoms with van der Waals surface area (Å²) in [6.45, 7) is 3.42. The number of aromatic nitrogens is 4. The Hall–Kier alpha value is -2.73. The van der Waals surface area contributed by atoms with Crippen LogP contribution in [0.4, 0.5) is 13.2 Å². The van der Waals surface area contributed by atoms with Crippen LogP contribution in [0.1, 0.15) is 28.9 Å². The Morgan fingerprint density at radius 1 is 1.23 bits per heavy atom. The third-order valence-corrected chi connectivity index (χ3v) is 5.47. The van der Waals surface area contributed by atoms with Gasteiger partial charge < -0.3 is 14.4 Å². The lowest BCUT2D eigenvalue weighted by Crippen LogP contribution is -2.50. The number of piperazine rings is 1. The van der Waals surface area contributed by atoms with Crippen molar-refractivity contribution in [2.45, 2.75) is 25.1 Å². The van der Waals surface area contributed by atoms with Gasteiger partial charge in [-0.3, -0.25) is 9.69 Å². The zero-order valence-electron chi connectivity index (χ0n) is 17.0. The van der Waals surface area contributed by atoms with Gasteiger partial charge in [-0.2, -0.15) is 18.3 Å². The standard InChI is InChI=1S/C19H23F3N6O3/c1-30-16-5-4-15(24-25-16)28-17(19(20,21)22)14(11-23-28)18(29)27-8-6-26(7-9-27)12-13-3-2-10-31-13/h4-5,11,13H,2-3,6-10,12H2,1H3. The van der Waals surface area contributed by atoms with E-state index in [0.717, 1.165) is 32.2 Å². The molecule has 0 saturated carbocycles. The van der Waals surface area contributed by atoms with Crippen LogP contribution in [0.15, 0.2) is 18.3 Å². The van der Waals surface area contributed by atoms with E-state index in [0.29, 0.717) is 30.9 Å². The van der Waals surface area contributed by atoms with Crippen LogP contribution in [-0.4, -0.2) is 88.2 Å². The van der Waals surface area contributed by atoms with E-state index in [4.69, 9.17) is 9.47 Å². The first-order valence-electron chi connectivity index (χ1n) is 10.0. The van der Waals surface area contributed by atoms with E-state index in [9.17, 15) is 18.0 Å². The quantitative estimate of drug-likeness (QED) is 0.699. The maximum atomic E-state index is 13.9. The monoisotopic (exact) mass is 440 g/mol. The molecule has 1 amide bonds. The molecular weight excluding hydrogens is 417 g/mol. The van der Waals surface area contributed by atoms with E-state index < -0.39 is 23.3 Å². The van der Waals surface area contributed by atoms with Gasteiger partial charge in [-0.05, 0) is 18.9 Å². The molecule has 31 heavy (non-hydrogen) atoms. The lowest BCUT2D eigenvalue weighted by molar-refractivity contribution is -0.143. The normalized spacial score (nSPS) is 20.3. The number of amides is 1. The maximum absolute atomic E-state index is 13.9. The van der Waals surface area contributed by atoms with Gasteiger partial charge in [0.1, 0.15) is 0 Å². The first-order valence-corrected chi connectivity index (χ1v) is 10.0. The van der Waals surface area contributed by atoms with Crippen LogP contribution in [0, 0.1) is 0 Å². The zero-order valence-corrected chi connectivity index (χ0v) is 17.0. The van der Waals surface area contributed by atoms with Crippen molar-refractivity contribution >= 4 is 5.91 Å². The average Bonchev–Trinajstić information content (AvgIpc) is 3.43. The van der Waals surface area contributed by atoms with Gasteiger partial charge in [0.05, 0.1) is 25.0 Å². The molecule has 0 aromatic carbocycles. The smallest absolute Gasteiger partial charge is 0.434 e. The molecular formula is C19H23F3N6O3. The molecule has 1 atom stereocenters. The fourth-order valence-corrected chi connectivity index (χ4v) is 3.87. The maximum Gasteiger partial charge on any atom is 0.434 e. The van der Waals surface area contributed by atoms with Crippen LogP contribution in [0.2, 0.25) is 0 Å². The second kappa shape index (κ2) is 8.79. The molecule has 12 heteroatoms. The second-order valence-electron chi connectivity index (χ2n) is 7.48. The van der Waals surface area contributed by atoms with Crippen molar-refractivity contribution in [1.29, 1.82) is 0 Å². The number of hydrogen-bond donors (Lipinski definition) is 0. The highest BCUT2D eigenvalue weighted by molar-refractivity contribution is 5.95. The molecule has 0 aliphatic carbocycles. The van der Waals surface area contributed by atoms with Crippen LogP contribution >= 0.6 is 0 Å². The third kappa shape index (κ3) is 4.64. The Kier molecular flexibility index (Phi) is 6.10. The molecule has 0 bridgehead atoms. The minimum absolute atomic E-state index is 0.154. The summed E-state index contributed by atoms with van der Waals surface area (Å²) in [5.74, 6) is -0.702. The molecule has 2 saturated heterocycles. The number of methoxy groups -OCH3 is 1. The van der Waals surface area contributed by atoms with E-state index in [1.165, 1.54) is 24.1 Å². The largest absolute Gasteiger partial charge is 0.480 e. The number of ether oxygens (including phenoxy) is 2. The summed E-state index contributed by atoms with van der Waals surface area (Å²) in [4.78, 5) is 16.6. The fraction of sp³-hybridized carbons (Fsp3) is 0.579. The lowest BCUT2D eigenvalue weighted by atomic mass is 10.1. The van der Waals surface area contributed by atoms with Crippen LogP contribution in [0.5, 0.6) is 5.88 Å². The Morgan fingerprint density at radius 2 is 2.00 bits per heavy atom. The summed E-state index contributed by atoms with van der Waals surface area (Å²) in [6.07, 6.45) is -1.60. The van der Waals surface area contributed by atoms with Gasteiger partial charge in [-0.1, -0.05) is 0 Å². The first kappa shape index (κ1) is 21.5. The second-order valence-corrected chi connectivity index (χ2v) is 7.48. The van der Waals surface area contributed by atoms with Gasteiger partial charge in [-0.15, -0.1) is 10.2 Å². The molecule has 0 radical (unpaired) electrons. The Morgan fingerprint density at radius 3 is 2.58 bits per heavy atom. The minimum Gasteiger partial charge on any atom is -0.480 e. The van der Waals surface area contributed by atoms with Crippen molar-refractivity contribution in [2.75, 3.05) is 46.4 Å². The summed E-state index contributed by atoms with van der Waals surface area (Å²) in [5.41, 5.74) is -1.67. The molecule has 4 rings (SSSR count). The van der Waals surface area contributed by atoms with E-state index in [2.05, 4.69) is 20.2 Å². The molecule has 2 aliphatic heterocycles. The first-order chi connectivity index (χ1) is 14.9. The van der Waals surface area contributed by atoms with Crippen molar-refractivity contribution in [3.63, 3.8) is 0 Å². The van der Waals surface area contributed by atoms with Crippen LogP contribution in [0.25, 0.3) is 5.82 Å². The summed E-state index contributed by atoms with van der Waals surface area (Å²) >= 11 is 0. The fourth-order valence-electron chi connectivity index (χ4n) is 3.87. The Bertz CT molecular complexity index is 904. The molecule has 0 N–H and O–H groups in total. The number of carbonyl (C=O) groups is 1. The molecule has 2 aromatic heterocycles. The van der Waals surface area contributed by atoms with Gasteiger partial charge >= 0.3 is 6.18 Å². The van der Waals surface area contributed by atoms with Crippen molar-refractivity contribution in [2.24, 2.45) is 0 Å².